The lowest BCUT2D eigenvalue weighted by atomic mass is 10.1. The lowest BCUT2D eigenvalue weighted by Gasteiger charge is -2.12. The molecule has 2 unspecified atom stereocenters. The predicted octanol–water partition coefficient (Wildman–Crippen LogP) is -0.816. The molecule has 1 aliphatic rings. The molecule has 0 spiro atoms. The molecule has 0 aromatic heterocycles. The quantitative estimate of drug-likeness (QED) is 0.516. The first-order valence-corrected chi connectivity index (χ1v) is 7.00. The van der Waals surface area contributed by atoms with Gasteiger partial charge in [0.15, 0.2) is 0 Å². The molecule has 0 amide bonds. The Morgan fingerprint density at radius 1 is 1.38 bits per heavy atom. The molecule has 0 aliphatic heterocycles. The van der Waals surface area contributed by atoms with Gasteiger partial charge in [0.1, 0.15) is 0 Å². The topological polar surface area (TPSA) is 93.4 Å². The molecule has 1 aliphatic carbocycles. The highest BCUT2D eigenvalue weighted by Crippen LogP contribution is 2.23. The standard InChI is InChI=1S/C9H21N3O3S/c1-15-5-4-11-16(13,14)12-7-8-2-3-9(10)6-8/h8-9,11-12H,2-7,10H2,1H3. The van der Waals surface area contributed by atoms with E-state index in [4.69, 9.17) is 10.5 Å². The van der Waals surface area contributed by atoms with Gasteiger partial charge < -0.3 is 10.5 Å². The van der Waals surface area contributed by atoms with Crippen LogP contribution in [0, 0.1) is 5.92 Å². The average molecular weight is 251 g/mol. The molecular formula is C9H21N3O3S. The molecule has 16 heavy (non-hydrogen) atoms. The first kappa shape index (κ1) is 13.9. The van der Waals surface area contributed by atoms with Crippen LogP contribution in [0.4, 0.5) is 0 Å². The second kappa shape index (κ2) is 6.51. The molecule has 2 atom stereocenters. The zero-order chi connectivity index (χ0) is 12.0. The molecule has 0 saturated heterocycles. The number of hydrogen-bond acceptors (Lipinski definition) is 4. The summed E-state index contributed by atoms with van der Waals surface area (Å²) < 4.78 is 32.6. The Morgan fingerprint density at radius 3 is 2.69 bits per heavy atom. The molecule has 96 valence electrons. The van der Waals surface area contributed by atoms with Gasteiger partial charge in [0.25, 0.3) is 10.2 Å². The first-order chi connectivity index (χ1) is 7.53. The predicted molar refractivity (Wildman–Crippen MR) is 62.1 cm³/mol. The van der Waals surface area contributed by atoms with Crippen LogP contribution < -0.4 is 15.2 Å². The Kier molecular flexibility index (Phi) is 5.63. The van der Waals surface area contributed by atoms with Crippen molar-refractivity contribution in [3.8, 4) is 0 Å². The zero-order valence-corrected chi connectivity index (χ0v) is 10.4. The van der Waals surface area contributed by atoms with Crippen LogP contribution in [-0.2, 0) is 14.9 Å². The van der Waals surface area contributed by atoms with Gasteiger partial charge in [0, 0.05) is 26.2 Å². The summed E-state index contributed by atoms with van der Waals surface area (Å²) >= 11 is 0. The monoisotopic (exact) mass is 251 g/mol. The number of rotatable bonds is 7. The molecule has 0 radical (unpaired) electrons. The van der Waals surface area contributed by atoms with Gasteiger partial charge >= 0.3 is 0 Å². The molecule has 4 N–H and O–H groups in total. The van der Waals surface area contributed by atoms with Crippen molar-refractivity contribution in [1.29, 1.82) is 0 Å². The Bertz CT molecular complexity index is 294. The first-order valence-electron chi connectivity index (χ1n) is 5.52. The molecule has 1 fully saturated rings. The Hall–Kier alpha value is -0.210. The summed E-state index contributed by atoms with van der Waals surface area (Å²) in [4.78, 5) is 0. The van der Waals surface area contributed by atoms with Gasteiger partial charge in [-0.1, -0.05) is 0 Å². The number of nitrogens with one attached hydrogen (secondary N) is 2. The van der Waals surface area contributed by atoms with E-state index >= 15 is 0 Å². The van der Waals surface area contributed by atoms with Crippen LogP contribution in [0.1, 0.15) is 19.3 Å². The fourth-order valence-electron chi connectivity index (χ4n) is 1.86. The largest absolute Gasteiger partial charge is 0.383 e. The minimum Gasteiger partial charge on any atom is -0.383 e. The van der Waals surface area contributed by atoms with E-state index < -0.39 is 10.2 Å². The van der Waals surface area contributed by atoms with E-state index in [0.29, 0.717) is 19.1 Å². The molecule has 0 heterocycles. The van der Waals surface area contributed by atoms with Crippen molar-refractivity contribution in [3.05, 3.63) is 0 Å². The van der Waals surface area contributed by atoms with E-state index in [1.54, 1.807) is 0 Å². The molecular weight excluding hydrogens is 230 g/mol. The van der Waals surface area contributed by atoms with Crippen LogP contribution in [0.3, 0.4) is 0 Å². The summed E-state index contributed by atoms with van der Waals surface area (Å²) in [6, 6.07) is 0.232. The molecule has 7 heteroatoms. The number of hydrogen-bond donors (Lipinski definition) is 3. The lowest BCUT2D eigenvalue weighted by molar-refractivity contribution is 0.204. The summed E-state index contributed by atoms with van der Waals surface area (Å²) in [5, 5.41) is 0. The molecule has 0 bridgehead atoms. The molecule has 6 nitrogen and oxygen atoms in total. The van der Waals surface area contributed by atoms with Crippen molar-refractivity contribution < 1.29 is 13.2 Å². The van der Waals surface area contributed by atoms with Crippen molar-refractivity contribution in [2.45, 2.75) is 25.3 Å². The van der Waals surface area contributed by atoms with Gasteiger partial charge in [0.05, 0.1) is 6.61 Å². The van der Waals surface area contributed by atoms with Gasteiger partial charge in [0.2, 0.25) is 0 Å². The summed E-state index contributed by atoms with van der Waals surface area (Å²) in [6.07, 6.45) is 2.89. The Morgan fingerprint density at radius 2 is 2.12 bits per heavy atom. The minimum absolute atomic E-state index is 0.232. The van der Waals surface area contributed by atoms with E-state index in [0.717, 1.165) is 19.3 Å². The second-order valence-electron chi connectivity index (χ2n) is 4.18. The van der Waals surface area contributed by atoms with Gasteiger partial charge in [-0.2, -0.15) is 13.1 Å². The van der Waals surface area contributed by atoms with E-state index in [1.807, 2.05) is 0 Å². The SMILES string of the molecule is COCCNS(=O)(=O)NCC1CCC(N)C1. The molecule has 0 aromatic carbocycles. The minimum atomic E-state index is -3.38. The van der Waals surface area contributed by atoms with Gasteiger partial charge in [-0.05, 0) is 25.2 Å². The fourth-order valence-corrected chi connectivity index (χ4v) is 2.76. The van der Waals surface area contributed by atoms with Gasteiger partial charge in [-0.15, -0.1) is 0 Å². The maximum atomic E-state index is 11.4. The third-order valence-corrected chi connectivity index (χ3v) is 3.87. The summed E-state index contributed by atoms with van der Waals surface area (Å²) in [6.45, 7) is 1.13. The normalized spacial score (nSPS) is 26.1. The highest BCUT2D eigenvalue weighted by molar-refractivity contribution is 7.87. The summed E-state index contributed by atoms with van der Waals surface area (Å²) in [5.41, 5.74) is 5.75. The van der Waals surface area contributed by atoms with Crippen LogP contribution in [0.5, 0.6) is 0 Å². The third-order valence-electron chi connectivity index (χ3n) is 2.74. The van der Waals surface area contributed by atoms with Crippen molar-refractivity contribution >= 4 is 10.2 Å². The highest BCUT2D eigenvalue weighted by atomic mass is 32.2. The van der Waals surface area contributed by atoms with Crippen molar-refractivity contribution in [2.24, 2.45) is 11.7 Å². The van der Waals surface area contributed by atoms with Crippen molar-refractivity contribution in [2.75, 3.05) is 26.8 Å². The van der Waals surface area contributed by atoms with Crippen LogP contribution >= 0.6 is 0 Å². The Labute approximate surface area is 97.1 Å². The molecule has 1 rings (SSSR count). The van der Waals surface area contributed by atoms with E-state index in [9.17, 15) is 8.42 Å². The summed E-state index contributed by atoms with van der Waals surface area (Å²) in [5.74, 6) is 0.369. The van der Waals surface area contributed by atoms with E-state index in [2.05, 4.69) is 9.44 Å². The fraction of sp³-hybridized carbons (Fsp3) is 1.00. The zero-order valence-electron chi connectivity index (χ0n) is 9.61. The maximum absolute atomic E-state index is 11.4. The van der Waals surface area contributed by atoms with Crippen LogP contribution in [0.2, 0.25) is 0 Å². The highest BCUT2D eigenvalue weighted by Gasteiger charge is 2.22. The van der Waals surface area contributed by atoms with Gasteiger partial charge in [-0.25, -0.2) is 4.72 Å². The van der Waals surface area contributed by atoms with E-state index in [-0.39, 0.29) is 12.6 Å². The van der Waals surface area contributed by atoms with Gasteiger partial charge in [-0.3, -0.25) is 0 Å². The van der Waals surface area contributed by atoms with E-state index in [1.165, 1.54) is 7.11 Å². The van der Waals surface area contributed by atoms with Crippen molar-refractivity contribution in [1.82, 2.24) is 9.44 Å². The number of nitrogens with two attached hydrogens (primary N) is 1. The average Bonchev–Trinajstić information content (AvgIpc) is 2.62. The number of ether oxygens (including phenoxy) is 1. The number of methoxy groups -OCH3 is 1. The summed E-state index contributed by atoms with van der Waals surface area (Å²) in [7, 11) is -1.85. The third kappa shape index (κ3) is 5.22. The second-order valence-corrected chi connectivity index (χ2v) is 5.76. The smallest absolute Gasteiger partial charge is 0.276 e. The van der Waals surface area contributed by atoms with Crippen LogP contribution in [0.15, 0.2) is 0 Å². The van der Waals surface area contributed by atoms with Crippen molar-refractivity contribution in [3.63, 3.8) is 0 Å². The lowest BCUT2D eigenvalue weighted by Crippen LogP contribution is -2.40. The maximum Gasteiger partial charge on any atom is 0.276 e. The van der Waals surface area contributed by atoms with Crippen LogP contribution in [0.25, 0.3) is 0 Å². The Balaban J connectivity index is 2.20. The molecule has 1 saturated carbocycles. The molecule has 0 aromatic rings. The van der Waals surface area contributed by atoms with Crippen LogP contribution in [-0.4, -0.2) is 41.3 Å².